The summed E-state index contributed by atoms with van der Waals surface area (Å²) in [6.45, 7) is 4.52. The van der Waals surface area contributed by atoms with Gasteiger partial charge in [-0.05, 0) is 229 Å². The van der Waals surface area contributed by atoms with Crippen LogP contribution >= 0.6 is 0 Å². The predicted molar refractivity (Wildman–Crippen MR) is 469 cm³/mol. The summed E-state index contributed by atoms with van der Waals surface area (Å²) >= 11 is 0. The summed E-state index contributed by atoms with van der Waals surface area (Å²) in [5, 5.41) is 26.2. The fraction of sp³-hybridized carbons (Fsp3) is 0.137. The minimum absolute atomic E-state index is 0.117. The Morgan fingerprint density at radius 3 is 0.978 bits per heavy atom. The molecule has 0 unspecified atom stereocenters. The number of ether oxygens (including phenoxy) is 9. The van der Waals surface area contributed by atoms with Crippen molar-refractivity contribution in [3.05, 3.63) is 298 Å². The van der Waals surface area contributed by atoms with Crippen molar-refractivity contribution in [3.63, 3.8) is 0 Å². The van der Waals surface area contributed by atoms with Crippen LogP contribution in [0.15, 0.2) is 315 Å². The number of hydrogen-bond acceptors (Lipinski definition) is 29. The SMILES string of the molecule is CN1CCN(c2noc3ccc(-c4ccc(OC(F)(F)F)cc4)cc23)CC1.FC(F)(F)Oc1ccc(-c2ccc3onc(OCCNc4ncccn4)c3c2)cc1.FC(F)(F)Oc1ccc(-c2ccc3onc(OCc4ncccn4)c3c2)cc1.FC(F)(F)Oc1ccc(-c2ccc3onc(Oc4ccccn4)c3c2)cc1.FC(F)(F)Oc1ccc(-c2ccc3onc(Oc4ncccn4)c3c2)cc1. The highest BCUT2D eigenvalue weighted by Crippen LogP contribution is 2.41. The molecule has 1 fully saturated rings. The molecule has 1 saturated heterocycles. The molecule has 10 aromatic carbocycles. The lowest BCUT2D eigenvalue weighted by atomic mass is 10.0. The number of aromatic nitrogens is 12. The van der Waals surface area contributed by atoms with E-state index in [0.29, 0.717) is 108 Å². The minimum Gasteiger partial charge on any atom is -0.473 e. The van der Waals surface area contributed by atoms with Crippen LogP contribution in [0.3, 0.4) is 0 Å². The summed E-state index contributed by atoms with van der Waals surface area (Å²) < 4.78 is 253. The first kappa shape index (κ1) is 94.8. The second-order valence-electron chi connectivity index (χ2n) is 29.4. The first-order valence-corrected chi connectivity index (χ1v) is 41.1. The maximum absolute atomic E-state index is 12.3. The molecule has 0 atom stereocenters. The van der Waals surface area contributed by atoms with Crippen LogP contribution in [0.1, 0.15) is 5.82 Å². The van der Waals surface area contributed by atoms with Crippen LogP contribution in [0.4, 0.5) is 77.6 Å². The van der Waals surface area contributed by atoms with Crippen molar-refractivity contribution >= 4 is 66.6 Å². The summed E-state index contributed by atoms with van der Waals surface area (Å²) in [7, 11) is 2.09. The maximum atomic E-state index is 12.3. The number of nitrogens with one attached hydrogen (secondary N) is 1. The molecule has 710 valence electrons. The largest absolute Gasteiger partial charge is 0.573 e. The topological polar surface area (TPSA) is 322 Å². The van der Waals surface area contributed by atoms with Gasteiger partial charge in [-0.2, -0.15) is 0 Å². The molecule has 20 rings (SSSR count). The Morgan fingerprint density at radius 2 is 0.612 bits per heavy atom. The van der Waals surface area contributed by atoms with Crippen LogP contribution in [0.25, 0.3) is 110 Å². The molecule has 1 N–H and O–H groups in total. The third kappa shape index (κ3) is 26.4. The molecule has 139 heavy (non-hydrogen) atoms. The monoisotopic (exact) mass is 1930 g/mol. The van der Waals surface area contributed by atoms with Gasteiger partial charge in [-0.25, -0.2) is 34.9 Å². The van der Waals surface area contributed by atoms with E-state index in [4.69, 9.17) is 41.6 Å². The van der Waals surface area contributed by atoms with Gasteiger partial charge in [-0.3, -0.25) is 0 Å². The molecule has 9 aromatic heterocycles. The van der Waals surface area contributed by atoms with Crippen LogP contribution in [0.2, 0.25) is 0 Å². The van der Waals surface area contributed by atoms with E-state index in [-0.39, 0.29) is 59.0 Å². The van der Waals surface area contributed by atoms with Gasteiger partial charge in [0.05, 0.1) is 33.5 Å². The number of anilines is 2. The summed E-state index contributed by atoms with van der Waals surface area (Å²) in [6, 6.07) is 65.2. The van der Waals surface area contributed by atoms with Gasteiger partial charge in [0.1, 0.15) is 42.0 Å². The highest BCUT2D eigenvalue weighted by Gasteiger charge is 2.35. The molecule has 1 aliphatic rings. The molecule has 0 bridgehead atoms. The summed E-state index contributed by atoms with van der Waals surface area (Å²) in [4.78, 5) is 32.7. The van der Waals surface area contributed by atoms with E-state index >= 15 is 0 Å². The lowest BCUT2D eigenvalue weighted by molar-refractivity contribution is -0.275. The quantitative estimate of drug-likeness (QED) is 0.0459. The Hall–Kier alpha value is -17.4. The normalized spacial score (nSPS) is 12.4. The Labute approximate surface area is 772 Å². The number of pyridine rings is 1. The molecule has 0 spiro atoms. The van der Waals surface area contributed by atoms with Crippen molar-refractivity contribution in [1.82, 2.24) is 65.6 Å². The molecular formula is C95H66F15N15O14. The number of alkyl halides is 15. The molecular weight excluding hydrogens is 1860 g/mol. The van der Waals surface area contributed by atoms with Crippen molar-refractivity contribution in [2.75, 3.05) is 56.6 Å². The van der Waals surface area contributed by atoms with Crippen molar-refractivity contribution in [2.45, 2.75) is 38.4 Å². The van der Waals surface area contributed by atoms with E-state index in [1.54, 1.807) is 164 Å². The fourth-order valence-corrected chi connectivity index (χ4v) is 13.5. The highest BCUT2D eigenvalue weighted by molar-refractivity contribution is 5.94. The summed E-state index contributed by atoms with van der Waals surface area (Å²) in [5.74, 6) is 1.82. The van der Waals surface area contributed by atoms with Crippen LogP contribution in [-0.4, -0.2) is 144 Å². The Bertz CT molecular complexity index is 7080. The molecule has 29 nitrogen and oxygen atoms in total. The zero-order valence-electron chi connectivity index (χ0n) is 71.3. The lowest BCUT2D eigenvalue weighted by Crippen LogP contribution is -2.44. The third-order valence-electron chi connectivity index (χ3n) is 19.8. The van der Waals surface area contributed by atoms with Gasteiger partial charge in [0.15, 0.2) is 39.6 Å². The Balaban J connectivity index is 0.000000126. The van der Waals surface area contributed by atoms with Crippen molar-refractivity contribution in [1.29, 1.82) is 0 Å². The number of hydrogen-bond donors (Lipinski definition) is 1. The number of rotatable bonds is 23. The van der Waals surface area contributed by atoms with E-state index in [1.165, 1.54) is 109 Å². The average molecular weight is 1930 g/mol. The number of benzene rings is 10. The van der Waals surface area contributed by atoms with E-state index in [2.05, 4.69) is 107 Å². The van der Waals surface area contributed by atoms with Crippen LogP contribution in [-0.2, 0) is 6.61 Å². The van der Waals surface area contributed by atoms with Gasteiger partial charge in [0, 0.05) is 75.6 Å². The molecule has 0 aliphatic carbocycles. The predicted octanol–water partition coefficient (Wildman–Crippen LogP) is 24.1. The summed E-state index contributed by atoms with van der Waals surface area (Å²) in [5.41, 5.74) is 10.2. The van der Waals surface area contributed by atoms with Crippen LogP contribution in [0, 0.1) is 0 Å². The number of halogens is 15. The fourth-order valence-electron chi connectivity index (χ4n) is 13.5. The van der Waals surface area contributed by atoms with Gasteiger partial charge >= 0.3 is 37.8 Å². The van der Waals surface area contributed by atoms with Crippen molar-refractivity contribution in [2.24, 2.45) is 0 Å². The smallest absolute Gasteiger partial charge is 0.473 e. The van der Waals surface area contributed by atoms with Gasteiger partial charge in [0.2, 0.25) is 11.8 Å². The van der Waals surface area contributed by atoms with Crippen LogP contribution < -0.4 is 52.8 Å². The highest BCUT2D eigenvalue weighted by atomic mass is 19.4. The maximum Gasteiger partial charge on any atom is 0.573 e. The minimum atomic E-state index is -4.73. The Morgan fingerprint density at radius 1 is 0.302 bits per heavy atom. The third-order valence-corrected chi connectivity index (χ3v) is 19.8. The van der Waals surface area contributed by atoms with Gasteiger partial charge < -0.3 is 80.4 Å². The van der Waals surface area contributed by atoms with Crippen molar-refractivity contribution < 1.29 is 131 Å². The van der Waals surface area contributed by atoms with E-state index in [0.717, 1.165) is 70.8 Å². The van der Waals surface area contributed by atoms with Gasteiger partial charge in [-0.15, -0.1) is 65.9 Å². The van der Waals surface area contributed by atoms with Crippen molar-refractivity contribution in [3.8, 4) is 120 Å². The molecule has 1 aliphatic heterocycles. The number of piperazine rings is 1. The standard InChI is InChI=1S/C20H15F3N4O3.C19H12F3N3O3.C19H18F3N3O2.C19H11F3N2O3.C18H10F3N3O3/c21-20(22,23)29-15-5-2-13(3-6-15)14-4-7-17-16(12-14)18(27-30-17)28-11-10-26-19-24-8-1-9-25-19;20-19(21,22)27-14-5-2-12(3-6-14)13-4-7-16-15(10-13)18(25-28-16)26-11-17-23-8-1-9-24-17;1-24-8-10-25(11-9-24)18-16-12-14(4-7-17(16)27-23-18)13-2-5-15(6-3-13)26-19(20,21)22;20-19(21,22)26-14-7-4-12(5-8-14)13-6-9-16-15(11-13)18(24-27-16)25-17-3-1-2-10-23-17;19-18(20,21)26-13-5-2-11(3-6-13)12-4-7-15-14(10-12)16(24-27-15)25-17-22-8-1-9-23-17/h1-9,12H,10-11H2,(H,24,25,26);1-10H,11H2;2-7,12H,8-11H2,1H3;1-11H;1-10H. The molecule has 0 radical (unpaired) electrons. The van der Waals surface area contributed by atoms with Gasteiger partial charge in [0.25, 0.3) is 23.5 Å². The summed E-state index contributed by atoms with van der Waals surface area (Å²) in [6.07, 6.45) is -12.5. The molecule has 44 heteroatoms. The van der Waals surface area contributed by atoms with Gasteiger partial charge in [-0.1, -0.05) is 102 Å². The number of fused-ring (bicyclic) bond motifs is 5. The molecule has 10 heterocycles. The molecule has 19 aromatic rings. The zero-order chi connectivity index (χ0) is 97.3. The van der Waals surface area contributed by atoms with E-state index < -0.39 is 31.8 Å². The second-order valence-corrected chi connectivity index (χ2v) is 29.4. The molecule has 0 saturated carbocycles. The number of nitrogens with zero attached hydrogens (tertiary/aromatic N) is 14. The Kier molecular flexibility index (Phi) is 28.7. The zero-order valence-corrected chi connectivity index (χ0v) is 71.3. The first-order chi connectivity index (χ1) is 66.8. The average Bonchev–Trinajstić information content (AvgIpc) is 1.69. The van der Waals surface area contributed by atoms with E-state index in [1.807, 2.05) is 18.2 Å². The van der Waals surface area contributed by atoms with E-state index in [9.17, 15) is 65.9 Å². The lowest BCUT2D eigenvalue weighted by Gasteiger charge is -2.32. The van der Waals surface area contributed by atoms with Crippen LogP contribution in [0.5, 0.6) is 64.2 Å². The molecule has 0 amide bonds. The second kappa shape index (κ2) is 42.1. The first-order valence-electron chi connectivity index (χ1n) is 41.1. The number of likely N-dealkylation sites (N-methyl/N-ethyl adjacent to an activating group) is 1.